The number of benzene rings is 1. The molecule has 0 aliphatic carbocycles. The summed E-state index contributed by atoms with van der Waals surface area (Å²) in [5.74, 6) is 1.46. The Balaban J connectivity index is 1.71. The number of rotatable bonds is 3. The summed E-state index contributed by atoms with van der Waals surface area (Å²) in [6.07, 6.45) is 0.692. The smallest absolute Gasteiger partial charge is 0.231 e. The number of piperazine rings is 1. The maximum atomic E-state index is 5.38. The molecule has 106 valence electrons. The van der Waals surface area contributed by atoms with Crippen LogP contribution in [0.4, 0.5) is 0 Å². The van der Waals surface area contributed by atoms with E-state index in [1.54, 1.807) is 0 Å². The van der Waals surface area contributed by atoms with E-state index in [0.29, 0.717) is 12.3 Å². The van der Waals surface area contributed by atoms with Crippen LogP contribution in [0.2, 0.25) is 0 Å². The summed E-state index contributed by atoms with van der Waals surface area (Å²) in [5.41, 5.74) is 2.45. The number of likely N-dealkylation sites (N-methyl/N-ethyl adjacent to an activating group) is 1. The lowest BCUT2D eigenvalue weighted by molar-refractivity contribution is 0.190. The number of nitrogens with zero attached hydrogens (tertiary/aromatic N) is 3. The second-order valence-electron chi connectivity index (χ2n) is 5.41. The van der Waals surface area contributed by atoms with Gasteiger partial charge >= 0.3 is 0 Å². The van der Waals surface area contributed by atoms with Crippen molar-refractivity contribution >= 4 is 0 Å². The van der Waals surface area contributed by atoms with E-state index in [1.807, 2.05) is 0 Å². The molecule has 0 bridgehead atoms. The van der Waals surface area contributed by atoms with Crippen molar-refractivity contribution in [2.45, 2.75) is 19.4 Å². The first kappa shape index (κ1) is 13.3. The molecular formula is C15H20N4O. The number of hydrogen-bond donors (Lipinski definition) is 1. The normalized spacial score (nSPS) is 20.2. The van der Waals surface area contributed by atoms with Gasteiger partial charge in [-0.1, -0.05) is 35.0 Å². The van der Waals surface area contributed by atoms with Gasteiger partial charge < -0.3 is 9.84 Å². The highest BCUT2D eigenvalue weighted by atomic mass is 16.5. The highest BCUT2D eigenvalue weighted by Gasteiger charge is 2.25. The first-order chi connectivity index (χ1) is 9.72. The van der Waals surface area contributed by atoms with Crippen LogP contribution < -0.4 is 5.32 Å². The lowest BCUT2D eigenvalue weighted by Gasteiger charge is -2.30. The van der Waals surface area contributed by atoms with Crippen molar-refractivity contribution in [2.24, 2.45) is 0 Å². The quantitative estimate of drug-likeness (QED) is 0.918. The Labute approximate surface area is 119 Å². The minimum atomic E-state index is 0.208. The van der Waals surface area contributed by atoms with E-state index in [0.717, 1.165) is 25.5 Å². The second kappa shape index (κ2) is 5.73. The van der Waals surface area contributed by atoms with Gasteiger partial charge in [-0.25, -0.2) is 0 Å². The van der Waals surface area contributed by atoms with Gasteiger partial charge in [-0.2, -0.15) is 4.98 Å². The van der Waals surface area contributed by atoms with E-state index in [2.05, 4.69) is 58.6 Å². The summed E-state index contributed by atoms with van der Waals surface area (Å²) in [5, 5.41) is 7.50. The van der Waals surface area contributed by atoms with Gasteiger partial charge in [-0.05, 0) is 19.5 Å². The minimum Gasteiger partial charge on any atom is -0.339 e. The molecule has 1 unspecified atom stereocenters. The van der Waals surface area contributed by atoms with Gasteiger partial charge in [-0.15, -0.1) is 0 Å². The van der Waals surface area contributed by atoms with E-state index in [9.17, 15) is 0 Å². The summed E-state index contributed by atoms with van der Waals surface area (Å²) < 4.78 is 5.38. The maximum absolute atomic E-state index is 5.38. The van der Waals surface area contributed by atoms with Crippen molar-refractivity contribution in [3.05, 3.63) is 47.1 Å². The van der Waals surface area contributed by atoms with Crippen molar-refractivity contribution in [3.63, 3.8) is 0 Å². The summed E-state index contributed by atoms with van der Waals surface area (Å²) in [4.78, 5) is 6.80. The third kappa shape index (κ3) is 2.89. The maximum Gasteiger partial charge on any atom is 0.231 e. The van der Waals surface area contributed by atoms with Gasteiger partial charge in [-0.3, -0.25) is 4.90 Å². The van der Waals surface area contributed by atoms with Crippen LogP contribution in [0.5, 0.6) is 0 Å². The number of aromatic nitrogens is 2. The molecule has 1 aromatic carbocycles. The Kier molecular flexibility index (Phi) is 3.80. The molecule has 5 heteroatoms. The molecule has 1 aliphatic rings. The van der Waals surface area contributed by atoms with Crippen LogP contribution >= 0.6 is 0 Å². The van der Waals surface area contributed by atoms with Crippen molar-refractivity contribution < 1.29 is 4.52 Å². The van der Waals surface area contributed by atoms with Gasteiger partial charge in [0.05, 0.1) is 12.5 Å². The Morgan fingerprint density at radius 3 is 2.90 bits per heavy atom. The molecule has 0 radical (unpaired) electrons. The van der Waals surface area contributed by atoms with Crippen molar-refractivity contribution in [1.29, 1.82) is 0 Å². The molecule has 0 amide bonds. The van der Waals surface area contributed by atoms with Gasteiger partial charge in [0.2, 0.25) is 5.89 Å². The summed E-state index contributed by atoms with van der Waals surface area (Å²) in [6, 6.07) is 8.62. The largest absolute Gasteiger partial charge is 0.339 e. The topological polar surface area (TPSA) is 54.2 Å². The van der Waals surface area contributed by atoms with Gasteiger partial charge in [0.25, 0.3) is 0 Å². The van der Waals surface area contributed by atoms with Crippen molar-refractivity contribution in [2.75, 3.05) is 26.7 Å². The monoisotopic (exact) mass is 272 g/mol. The number of hydrogen-bond acceptors (Lipinski definition) is 5. The first-order valence-corrected chi connectivity index (χ1v) is 7.01. The van der Waals surface area contributed by atoms with E-state index in [4.69, 9.17) is 4.52 Å². The molecule has 1 saturated heterocycles. The standard InChI is InChI=1S/C15H20N4O/c1-11-3-5-12(6-4-11)9-14-17-15(18-20-14)13-10-16-7-8-19(13)2/h3-6,13,16H,7-10H2,1-2H3. The number of aryl methyl sites for hydroxylation is 1. The van der Waals surface area contributed by atoms with E-state index >= 15 is 0 Å². The van der Waals surface area contributed by atoms with Crippen LogP contribution in [-0.2, 0) is 6.42 Å². The molecule has 0 spiro atoms. The molecule has 1 aliphatic heterocycles. The van der Waals surface area contributed by atoms with E-state index < -0.39 is 0 Å². The fraction of sp³-hybridized carbons (Fsp3) is 0.467. The van der Waals surface area contributed by atoms with Crippen molar-refractivity contribution in [3.8, 4) is 0 Å². The lowest BCUT2D eigenvalue weighted by atomic mass is 10.1. The molecule has 2 heterocycles. The van der Waals surface area contributed by atoms with Crippen LogP contribution in [0.1, 0.15) is 28.9 Å². The zero-order chi connectivity index (χ0) is 13.9. The third-order valence-electron chi connectivity index (χ3n) is 3.77. The molecule has 1 aromatic heterocycles. The van der Waals surface area contributed by atoms with Crippen LogP contribution in [0.15, 0.2) is 28.8 Å². The van der Waals surface area contributed by atoms with E-state index in [-0.39, 0.29) is 6.04 Å². The van der Waals surface area contributed by atoms with E-state index in [1.165, 1.54) is 11.1 Å². The average molecular weight is 272 g/mol. The second-order valence-corrected chi connectivity index (χ2v) is 5.41. The SMILES string of the molecule is Cc1ccc(Cc2nc(C3CNCCN3C)no2)cc1. The fourth-order valence-electron chi connectivity index (χ4n) is 2.45. The van der Waals surface area contributed by atoms with Crippen LogP contribution in [0, 0.1) is 6.92 Å². The minimum absolute atomic E-state index is 0.208. The predicted octanol–water partition coefficient (Wildman–Crippen LogP) is 1.54. The molecule has 0 saturated carbocycles. The lowest BCUT2D eigenvalue weighted by Crippen LogP contribution is -2.44. The Bertz CT molecular complexity index is 564. The fourth-order valence-corrected chi connectivity index (χ4v) is 2.45. The summed E-state index contributed by atoms with van der Waals surface area (Å²) >= 11 is 0. The molecule has 20 heavy (non-hydrogen) atoms. The molecular weight excluding hydrogens is 252 g/mol. The highest BCUT2D eigenvalue weighted by Crippen LogP contribution is 2.18. The van der Waals surface area contributed by atoms with Gasteiger partial charge in [0.15, 0.2) is 5.82 Å². The van der Waals surface area contributed by atoms with Crippen LogP contribution in [-0.4, -0.2) is 41.7 Å². The Morgan fingerprint density at radius 2 is 2.15 bits per heavy atom. The molecule has 1 atom stereocenters. The Morgan fingerprint density at radius 1 is 1.35 bits per heavy atom. The Hall–Kier alpha value is -1.72. The average Bonchev–Trinajstić information content (AvgIpc) is 2.90. The molecule has 1 fully saturated rings. The first-order valence-electron chi connectivity index (χ1n) is 7.01. The third-order valence-corrected chi connectivity index (χ3v) is 3.77. The molecule has 2 aromatic rings. The predicted molar refractivity (Wildman–Crippen MR) is 76.5 cm³/mol. The van der Waals surface area contributed by atoms with Gasteiger partial charge in [0.1, 0.15) is 0 Å². The van der Waals surface area contributed by atoms with Crippen LogP contribution in [0.25, 0.3) is 0 Å². The van der Waals surface area contributed by atoms with Crippen molar-refractivity contribution in [1.82, 2.24) is 20.4 Å². The summed E-state index contributed by atoms with van der Waals surface area (Å²) in [7, 11) is 2.10. The van der Waals surface area contributed by atoms with Crippen LogP contribution in [0.3, 0.4) is 0 Å². The summed E-state index contributed by atoms with van der Waals surface area (Å²) in [6.45, 7) is 4.98. The zero-order valence-electron chi connectivity index (χ0n) is 12.0. The number of nitrogens with one attached hydrogen (secondary N) is 1. The zero-order valence-corrected chi connectivity index (χ0v) is 12.0. The highest BCUT2D eigenvalue weighted by molar-refractivity contribution is 5.23. The molecule has 3 rings (SSSR count). The van der Waals surface area contributed by atoms with Gasteiger partial charge in [0, 0.05) is 19.6 Å². The molecule has 5 nitrogen and oxygen atoms in total. The molecule has 1 N–H and O–H groups in total.